The van der Waals surface area contributed by atoms with Crippen LogP contribution in [-0.2, 0) is 0 Å². The molecule has 2 heterocycles. The number of imidazole rings is 1. The zero-order valence-corrected chi connectivity index (χ0v) is 9.04. The van der Waals surface area contributed by atoms with Gasteiger partial charge >= 0.3 is 0 Å². The van der Waals surface area contributed by atoms with Crippen LogP contribution >= 0.6 is 0 Å². The fourth-order valence-corrected chi connectivity index (χ4v) is 1.46. The highest BCUT2D eigenvalue weighted by atomic mass is 15.1. The quantitative estimate of drug-likeness (QED) is 0.748. The summed E-state index contributed by atoms with van der Waals surface area (Å²) in [5, 5.41) is 3.27. The molecule has 2 rings (SSSR count). The Morgan fingerprint density at radius 1 is 1.40 bits per heavy atom. The minimum absolute atomic E-state index is 0.793. The van der Waals surface area contributed by atoms with Gasteiger partial charge in [-0.3, -0.25) is 0 Å². The van der Waals surface area contributed by atoms with E-state index in [2.05, 4.69) is 32.2 Å². The molecule has 15 heavy (non-hydrogen) atoms. The molecule has 2 aromatic heterocycles. The van der Waals surface area contributed by atoms with Crippen molar-refractivity contribution in [3.63, 3.8) is 0 Å². The Morgan fingerprint density at radius 3 is 3.07 bits per heavy atom. The van der Waals surface area contributed by atoms with Crippen LogP contribution < -0.4 is 5.32 Å². The number of nitrogens with one attached hydrogen (secondary N) is 2. The number of hydrogen-bond acceptors (Lipinski definition) is 4. The number of aryl methyl sites for hydroxylation is 1. The average Bonchev–Trinajstić information content (AvgIpc) is 2.59. The summed E-state index contributed by atoms with van der Waals surface area (Å²) in [6, 6.07) is 0. The van der Waals surface area contributed by atoms with E-state index in [1.165, 1.54) is 6.42 Å². The number of unbranched alkanes of at least 4 members (excludes halogenated alkanes) is 1. The van der Waals surface area contributed by atoms with Crippen LogP contribution in [0.5, 0.6) is 0 Å². The molecule has 0 spiro atoms. The lowest BCUT2D eigenvalue weighted by molar-refractivity contribution is 0.831. The number of fused-ring (bicyclic) bond motifs is 1. The Labute approximate surface area is 88.4 Å². The Hall–Kier alpha value is -1.65. The van der Waals surface area contributed by atoms with Gasteiger partial charge in [-0.25, -0.2) is 15.0 Å². The van der Waals surface area contributed by atoms with E-state index in [1.807, 2.05) is 6.92 Å². The number of hydrogen-bond donors (Lipinski definition) is 2. The molecule has 0 atom stereocenters. The first-order valence-corrected chi connectivity index (χ1v) is 5.22. The van der Waals surface area contributed by atoms with E-state index in [4.69, 9.17) is 0 Å². The second-order valence-corrected chi connectivity index (χ2v) is 3.52. The van der Waals surface area contributed by atoms with Crippen molar-refractivity contribution in [3.05, 3.63) is 12.2 Å². The summed E-state index contributed by atoms with van der Waals surface area (Å²) in [6.45, 7) is 5.00. The third-order valence-electron chi connectivity index (χ3n) is 2.22. The first-order chi connectivity index (χ1) is 7.31. The van der Waals surface area contributed by atoms with E-state index in [0.717, 1.165) is 35.8 Å². The maximum Gasteiger partial charge on any atom is 0.162 e. The molecule has 5 heteroatoms. The van der Waals surface area contributed by atoms with Crippen molar-refractivity contribution in [3.8, 4) is 0 Å². The van der Waals surface area contributed by atoms with E-state index in [9.17, 15) is 0 Å². The second-order valence-electron chi connectivity index (χ2n) is 3.52. The zero-order chi connectivity index (χ0) is 10.7. The van der Waals surface area contributed by atoms with Gasteiger partial charge in [0.2, 0.25) is 0 Å². The standard InChI is InChI=1S/C10H15N5/c1-3-4-5-11-9-8-10(13-6-12-9)15-7(2)14-8/h6H,3-5H2,1-2H3,(H2,11,12,13,14,15). The molecular formula is C10H15N5. The topological polar surface area (TPSA) is 66.5 Å². The maximum absolute atomic E-state index is 4.35. The minimum Gasteiger partial charge on any atom is -0.368 e. The van der Waals surface area contributed by atoms with Crippen molar-refractivity contribution in [1.29, 1.82) is 0 Å². The van der Waals surface area contributed by atoms with Crippen LogP contribution in [-0.4, -0.2) is 26.5 Å². The maximum atomic E-state index is 4.35. The minimum atomic E-state index is 0.793. The smallest absolute Gasteiger partial charge is 0.162 e. The number of anilines is 1. The average molecular weight is 205 g/mol. The number of aromatic amines is 1. The summed E-state index contributed by atoms with van der Waals surface area (Å²) >= 11 is 0. The first-order valence-electron chi connectivity index (χ1n) is 5.22. The Balaban J connectivity index is 2.25. The van der Waals surface area contributed by atoms with Gasteiger partial charge in [-0.05, 0) is 13.3 Å². The number of H-pyrrole nitrogens is 1. The lowest BCUT2D eigenvalue weighted by Crippen LogP contribution is -2.03. The Kier molecular flexibility index (Phi) is 2.80. The third kappa shape index (κ3) is 2.06. The third-order valence-corrected chi connectivity index (χ3v) is 2.22. The highest BCUT2D eigenvalue weighted by molar-refractivity contribution is 5.82. The van der Waals surface area contributed by atoms with Crippen LogP contribution in [0.4, 0.5) is 5.82 Å². The van der Waals surface area contributed by atoms with Gasteiger partial charge in [0.1, 0.15) is 12.2 Å². The predicted octanol–water partition coefficient (Wildman–Crippen LogP) is 1.87. The van der Waals surface area contributed by atoms with Gasteiger partial charge in [0.15, 0.2) is 17.0 Å². The molecule has 0 aliphatic rings. The predicted molar refractivity (Wildman–Crippen MR) is 59.8 cm³/mol. The second kappa shape index (κ2) is 4.25. The monoisotopic (exact) mass is 205 g/mol. The van der Waals surface area contributed by atoms with Gasteiger partial charge < -0.3 is 10.3 Å². The van der Waals surface area contributed by atoms with E-state index in [1.54, 1.807) is 6.33 Å². The molecule has 0 fully saturated rings. The van der Waals surface area contributed by atoms with Gasteiger partial charge in [-0.15, -0.1) is 0 Å². The molecule has 0 aliphatic carbocycles. The number of aromatic nitrogens is 4. The van der Waals surface area contributed by atoms with Crippen LogP contribution in [0.25, 0.3) is 11.2 Å². The van der Waals surface area contributed by atoms with Gasteiger partial charge in [-0.2, -0.15) is 0 Å². The molecule has 2 N–H and O–H groups in total. The van der Waals surface area contributed by atoms with Crippen LogP contribution in [0.2, 0.25) is 0 Å². The van der Waals surface area contributed by atoms with E-state index in [-0.39, 0.29) is 0 Å². The highest BCUT2D eigenvalue weighted by Crippen LogP contribution is 2.15. The zero-order valence-electron chi connectivity index (χ0n) is 9.04. The van der Waals surface area contributed by atoms with Crippen molar-refractivity contribution in [2.75, 3.05) is 11.9 Å². The van der Waals surface area contributed by atoms with Crippen molar-refractivity contribution < 1.29 is 0 Å². The SMILES string of the molecule is CCCCNc1ncnc2[nH]c(C)nc12. The molecule has 0 bridgehead atoms. The summed E-state index contributed by atoms with van der Waals surface area (Å²) in [5.74, 6) is 1.68. The lowest BCUT2D eigenvalue weighted by Gasteiger charge is -2.03. The van der Waals surface area contributed by atoms with Gasteiger partial charge in [0, 0.05) is 6.54 Å². The number of rotatable bonds is 4. The van der Waals surface area contributed by atoms with Crippen molar-refractivity contribution in [1.82, 2.24) is 19.9 Å². The summed E-state index contributed by atoms with van der Waals surface area (Å²) in [6.07, 6.45) is 3.85. The van der Waals surface area contributed by atoms with Crippen LogP contribution in [0, 0.1) is 6.92 Å². The van der Waals surface area contributed by atoms with Crippen LogP contribution in [0.15, 0.2) is 6.33 Å². The highest BCUT2D eigenvalue weighted by Gasteiger charge is 2.06. The molecule has 0 aromatic carbocycles. The molecule has 0 amide bonds. The Morgan fingerprint density at radius 2 is 2.27 bits per heavy atom. The summed E-state index contributed by atoms with van der Waals surface area (Å²) in [4.78, 5) is 15.7. The van der Waals surface area contributed by atoms with E-state index >= 15 is 0 Å². The molecule has 80 valence electrons. The van der Waals surface area contributed by atoms with Gasteiger partial charge in [0.05, 0.1) is 0 Å². The summed E-state index contributed by atoms with van der Waals surface area (Å²) in [5.41, 5.74) is 1.62. The lowest BCUT2D eigenvalue weighted by atomic mass is 10.3. The normalized spacial score (nSPS) is 10.8. The van der Waals surface area contributed by atoms with Crippen LogP contribution in [0.1, 0.15) is 25.6 Å². The van der Waals surface area contributed by atoms with Crippen LogP contribution in [0.3, 0.4) is 0 Å². The molecular weight excluding hydrogens is 190 g/mol. The van der Waals surface area contributed by atoms with Crippen molar-refractivity contribution in [2.45, 2.75) is 26.7 Å². The molecule has 0 radical (unpaired) electrons. The fraction of sp³-hybridized carbons (Fsp3) is 0.500. The molecule has 0 unspecified atom stereocenters. The Bertz CT molecular complexity index is 448. The van der Waals surface area contributed by atoms with Crippen molar-refractivity contribution in [2.24, 2.45) is 0 Å². The molecule has 0 saturated carbocycles. The van der Waals surface area contributed by atoms with E-state index in [0.29, 0.717) is 0 Å². The summed E-state index contributed by atoms with van der Waals surface area (Å²) in [7, 11) is 0. The van der Waals surface area contributed by atoms with Crippen molar-refractivity contribution >= 4 is 17.0 Å². The fourth-order valence-electron chi connectivity index (χ4n) is 1.46. The largest absolute Gasteiger partial charge is 0.368 e. The van der Waals surface area contributed by atoms with E-state index < -0.39 is 0 Å². The van der Waals surface area contributed by atoms with Gasteiger partial charge in [0.25, 0.3) is 0 Å². The molecule has 5 nitrogen and oxygen atoms in total. The summed E-state index contributed by atoms with van der Waals surface area (Å²) < 4.78 is 0. The number of nitrogens with zero attached hydrogens (tertiary/aromatic N) is 3. The first kappa shape index (κ1) is 9.89. The molecule has 0 saturated heterocycles. The van der Waals surface area contributed by atoms with Gasteiger partial charge in [-0.1, -0.05) is 13.3 Å². The molecule has 0 aliphatic heterocycles. The molecule has 2 aromatic rings.